The Morgan fingerprint density at radius 2 is 1.19 bits per heavy atom. The number of hydrogen-bond donors (Lipinski definition) is 0. The Bertz CT molecular complexity index is 974. The standard InChI is InChI=1S/C28H31N.C3H8.2C2H6/c1-3-27(29-28-12-8-7-9-21(28)2)26-19-17-25(18-20-26)24-15-13-23(14-16-24)22-10-5-4-6-11-22;1-3-2;2*1-2/h7-9,12-20,22H,3-6,10-11H2,1-2H3;3H2,1-2H3;2*1-2H3. The van der Waals surface area contributed by atoms with Crippen molar-refractivity contribution in [3.05, 3.63) is 89.5 Å². The first-order valence-electron chi connectivity index (χ1n) is 14.5. The van der Waals surface area contributed by atoms with Crippen molar-refractivity contribution in [3.63, 3.8) is 0 Å². The van der Waals surface area contributed by atoms with Gasteiger partial charge in [0.05, 0.1) is 5.69 Å². The molecule has 0 heterocycles. The second-order valence-corrected chi connectivity index (χ2v) is 8.94. The van der Waals surface area contributed by atoms with E-state index in [1.807, 2.05) is 27.7 Å². The molecule has 4 rings (SSSR count). The summed E-state index contributed by atoms with van der Waals surface area (Å²) < 4.78 is 0. The van der Waals surface area contributed by atoms with E-state index < -0.39 is 0 Å². The molecule has 3 aromatic rings. The summed E-state index contributed by atoms with van der Waals surface area (Å²) in [5.74, 6) is 0.768. The number of rotatable bonds is 5. The molecule has 0 aliphatic heterocycles. The lowest BCUT2D eigenvalue weighted by Crippen LogP contribution is -2.04. The second-order valence-electron chi connectivity index (χ2n) is 8.94. The maximum absolute atomic E-state index is 4.93. The highest BCUT2D eigenvalue weighted by atomic mass is 14.7. The summed E-state index contributed by atoms with van der Waals surface area (Å²) >= 11 is 0. The molecule has 0 spiro atoms. The number of aryl methyl sites for hydroxylation is 1. The highest BCUT2D eigenvalue weighted by Gasteiger charge is 2.15. The van der Waals surface area contributed by atoms with Crippen LogP contribution >= 0.6 is 0 Å². The molecule has 0 N–H and O–H groups in total. The van der Waals surface area contributed by atoms with E-state index in [-0.39, 0.29) is 0 Å². The predicted octanol–water partition coefficient (Wildman–Crippen LogP) is 11.7. The number of para-hydroxylation sites is 1. The fourth-order valence-electron chi connectivity index (χ4n) is 4.42. The third-order valence-electron chi connectivity index (χ3n) is 6.24. The van der Waals surface area contributed by atoms with Crippen molar-refractivity contribution in [2.45, 2.75) is 106 Å². The predicted molar refractivity (Wildman–Crippen MR) is 164 cm³/mol. The summed E-state index contributed by atoms with van der Waals surface area (Å²) in [6, 6.07) is 26.5. The van der Waals surface area contributed by atoms with Crippen molar-refractivity contribution in [2.24, 2.45) is 4.99 Å². The van der Waals surface area contributed by atoms with Gasteiger partial charge in [-0.05, 0) is 66.0 Å². The van der Waals surface area contributed by atoms with E-state index in [1.165, 1.54) is 66.3 Å². The van der Waals surface area contributed by atoms with Crippen LogP contribution in [0.4, 0.5) is 5.69 Å². The molecule has 0 amide bonds. The molecule has 3 aromatic carbocycles. The molecule has 1 nitrogen and oxygen atoms in total. The minimum atomic E-state index is 0.768. The van der Waals surface area contributed by atoms with Gasteiger partial charge in [-0.25, -0.2) is 0 Å². The molecule has 0 radical (unpaired) electrons. The van der Waals surface area contributed by atoms with Crippen LogP contribution in [0.25, 0.3) is 11.1 Å². The first-order valence-corrected chi connectivity index (χ1v) is 14.5. The highest BCUT2D eigenvalue weighted by Crippen LogP contribution is 2.33. The largest absolute Gasteiger partial charge is 0.253 e. The number of benzene rings is 3. The molecular weight excluding hydrogens is 434 g/mol. The van der Waals surface area contributed by atoms with Crippen LogP contribution in [0.3, 0.4) is 0 Å². The zero-order chi connectivity index (χ0) is 26.8. The van der Waals surface area contributed by atoms with Crippen molar-refractivity contribution in [1.82, 2.24) is 0 Å². The average Bonchev–Trinajstić information content (AvgIpc) is 2.96. The highest BCUT2D eigenvalue weighted by molar-refractivity contribution is 6.02. The van der Waals surface area contributed by atoms with Crippen molar-refractivity contribution >= 4 is 11.4 Å². The van der Waals surface area contributed by atoms with E-state index in [0.29, 0.717) is 0 Å². The van der Waals surface area contributed by atoms with Gasteiger partial charge in [-0.1, -0.05) is 141 Å². The summed E-state index contributed by atoms with van der Waals surface area (Å²) in [7, 11) is 0. The first-order chi connectivity index (χ1) is 17.7. The molecular formula is C35H51N. The lowest BCUT2D eigenvalue weighted by atomic mass is 9.83. The van der Waals surface area contributed by atoms with Crippen LogP contribution in [0.2, 0.25) is 0 Å². The molecule has 36 heavy (non-hydrogen) atoms. The molecule has 1 aliphatic rings. The van der Waals surface area contributed by atoms with E-state index in [9.17, 15) is 0 Å². The third-order valence-corrected chi connectivity index (χ3v) is 6.24. The molecule has 0 atom stereocenters. The Balaban J connectivity index is 0.000000844. The van der Waals surface area contributed by atoms with Crippen molar-refractivity contribution in [3.8, 4) is 11.1 Å². The molecule has 1 aliphatic carbocycles. The van der Waals surface area contributed by atoms with Crippen molar-refractivity contribution < 1.29 is 0 Å². The normalized spacial score (nSPS) is 13.3. The van der Waals surface area contributed by atoms with E-state index >= 15 is 0 Å². The van der Waals surface area contributed by atoms with Crippen LogP contribution in [0, 0.1) is 6.92 Å². The summed E-state index contributed by atoms with van der Waals surface area (Å²) in [6.07, 6.45) is 9.06. The molecule has 0 bridgehead atoms. The molecule has 1 saturated carbocycles. The zero-order valence-electron chi connectivity index (χ0n) is 24.4. The molecule has 0 saturated heterocycles. The molecule has 1 fully saturated rings. The second kappa shape index (κ2) is 18.6. The maximum atomic E-state index is 4.93. The zero-order valence-corrected chi connectivity index (χ0v) is 24.4. The average molecular weight is 486 g/mol. The van der Waals surface area contributed by atoms with Gasteiger partial charge in [-0.15, -0.1) is 0 Å². The summed E-state index contributed by atoms with van der Waals surface area (Å²) in [6.45, 7) is 16.5. The first kappa shape index (κ1) is 31.4. The molecule has 0 aromatic heterocycles. The van der Waals surface area contributed by atoms with Gasteiger partial charge in [0, 0.05) is 5.71 Å². The van der Waals surface area contributed by atoms with Crippen LogP contribution in [0.1, 0.15) is 116 Å². The van der Waals surface area contributed by atoms with Crippen LogP contribution in [-0.4, -0.2) is 5.71 Å². The van der Waals surface area contributed by atoms with E-state index in [0.717, 1.165) is 23.7 Å². The lowest BCUT2D eigenvalue weighted by molar-refractivity contribution is 0.443. The van der Waals surface area contributed by atoms with E-state index in [2.05, 4.69) is 100 Å². The van der Waals surface area contributed by atoms with Crippen LogP contribution in [0.5, 0.6) is 0 Å². The summed E-state index contributed by atoms with van der Waals surface area (Å²) in [5, 5.41) is 0. The van der Waals surface area contributed by atoms with Gasteiger partial charge < -0.3 is 0 Å². The molecule has 0 unspecified atom stereocenters. The van der Waals surface area contributed by atoms with Crippen LogP contribution in [-0.2, 0) is 0 Å². The SMILES string of the molecule is CC.CC.CCC.CCC(=Nc1ccccc1C)c1ccc(-c2ccc(C3CCCCC3)cc2)cc1. The van der Waals surface area contributed by atoms with Gasteiger partial charge in [0.25, 0.3) is 0 Å². The number of hydrogen-bond acceptors (Lipinski definition) is 1. The number of nitrogens with zero attached hydrogens (tertiary/aromatic N) is 1. The topological polar surface area (TPSA) is 12.4 Å². The maximum Gasteiger partial charge on any atom is 0.0662 e. The Kier molecular flexibility index (Phi) is 16.2. The minimum absolute atomic E-state index is 0.768. The van der Waals surface area contributed by atoms with E-state index in [4.69, 9.17) is 4.99 Å². The van der Waals surface area contributed by atoms with Crippen LogP contribution < -0.4 is 0 Å². The van der Waals surface area contributed by atoms with Crippen molar-refractivity contribution in [1.29, 1.82) is 0 Å². The number of aliphatic imine (C=N–C) groups is 1. The Hall–Kier alpha value is -2.67. The van der Waals surface area contributed by atoms with Gasteiger partial charge in [0.2, 0.25) is 0 Å². The lowest BCUT2D eigenvalue weighted by Gasteiger charge is -2.22. The van der Waals surface area contributed by atoms with Gasteiger partial charge in [-0.3, -0.25) is 4.99 Å². The third kappa shape index (κ3) is 9.76. The summed E-state index contributed by atoms with van der Waals surface area (Å²) in [5.41, 5.74) is 8.71. The Morgan fingerprint density at radius 3 is 1.69 bits per heavy atom. The van der Waals surface area contributed by atoms with Gasteiger partial charge in [-0.2, -0.15) is 0 Å². The van der Waals surface area contributed by atoms with Gasteiger partial charge in [0.1, 0.15) is 0 Å². The Morgan fingerprint density at radius 1 is 0.694 bits per heavy atom. The quantitative estimate of drug-likeness (QED) is 0.319. The fourth-order valence-corrected chi connectivity index (χ4v) is 4.42. The Labute approximate surface area is 223 Å². The molecule has 1 heteroatoms. The minimum Gasteiger partial charge on any atom is -0.253 e. The summed E-state index contributed by atoms with van der Waals surface area (Å²) in [4.78, 5) is 4.93. The van der Waals surface area contributed by atoms with Gasteiger partial charge in [0.15, 0.2) is 0 Å². The molecule has 196 valence electrons. The van der Waals surface area contributed by atoms with E-state index in [1.54, 1.807) is 0 Å². The van der Waals surface area contributed by atoms with Crippen LogP contribution in [0.15, 0.2) is 77.8 Å². The monoisotopic (exact) mass is 485 g/mol. The smallest absolute Gasteiger partial charge is 0.0662 e. The van der Waals surface area contributed by atoms with Crippen molar-refractivity contribution in [2.75, 3.05) is 0 Å². The van der Waals surface area contributed by atoms with Gasteiger partial charge >= 0.3 is 0 Å². The fraction of sp³-hybridized carbons (Fsp3) is 0.457.